The molecule has 0 unspecified atom stereocenters. The van der Waals surface area contributed by atoms with Gasteiger partial charge in [0.25, 0.3) is 0 Å². The van der Waals surface area contributed by atoms with Crippen LogP contribution in [0.3, 0.4) is 0 Å². The number of carbonyl (C=O) groups is 1. The minimum Gasteiger partial charge on any atom is -0.338 e. The number of hydrogen-bond acceptors (Lipinski definition) is 3. The second-order valence-corrected chi connectivity index (χ2v) is 6.81. The van der Waals surface area contributed by atoms with E-state index in [1.807, 2.05) is 12.1 Å². The van der Waals surface area contributed by atoms with Crippen molar-refractivity contribution in [1.82, 2.24) is 15.1 Å². The quantitative estimate of drug-likeness (QED) is 0.838. The minimum absolute atomic E-state index is 0.187. The van der Waals surface area contributed by atoms with Gasteiger partial charge in [-0.15, -0.1) is 0 Å². The predicted octanol–water partition coefficient (Wildman–Crippen LogP) is 2.74. The zero-order valence-corrected chi connectivity index (χ0v) is 14.8. The van der Waals surface area contributed by atoms with E-state index >= 15 is 0 Å². The smallest absolute Gasteiger partial charge is 0.319 e. The summed E-state index contributed by atoms with van der Waals surface area (Å²) < 4.78 is 0. The van der Waals surface area contributed by atoms with Gasteiger partial charge in [-0.25, -0.2) is 4.79 Å². The summed E-state index contributed by atoms with van der Waals surface area (Å²) >= 11 is 6.03. The number of benzene rings is 1. The summed E-state index contributed by atoms with van der Waals surface area (Å²) in [6.45, 7) is 5.18. The summed E-state index contributed by atoms with van der Waals surface area (Å²) in [5.41, 5.74) is 0.644. The van der Waals surface area contributed by atoms with Gasteiger partial charge in [-0.3, -0.25) is 0 Å². The van der Waals surface area contributed by atoms with E-state index in [1.54, 1.807) is 12.1 Å². The molecule has 6 heteroatoms. The molecule has 0 spiro atoms. The number of likely N-dealkylation sites (tertiary alicyclic amines) is 1. The highest BCUT2D eigenvalue weighted by molar-refractivity contribution is 6.33. The summed E-state index contributed by atoms with van der Waals surface area (Å²) in [5.74, 6) is 0.558. The summed E-state index contributed by atoms with van der Waals surface area (Å²) in [5, 5.41) is 6.30. The van der Waals surface area contributed by atoms with Crippen molar-refractivity contribution in [2.75, 3.05) is 52.1 Å². The fourth-order valence-corrected chi connectivity index (χ4v) is 2.90. The number of piperidine rings is 1. The summed E-state index contributed by atoms with van der Waals surface area (Å²) in [6, 6.07) is 7.07. The number of carbonyl (C=O) groups excluding carboxylic acids is 1. The van der Waals surface area contributed by atoms with Crippen LogP contribution in [0.15, 0.2) is 24.3 Å². The summed E-state index contributed by atoms with van der Waals surface area (Å²) in [6.07, 6.45) is 2.28. The van der Waals surface area contributed by atoms with Gasteiger partial charge in [0.2, 0.25) is 0 Å². The van der Waals surface area contributed by atoms with Crippen molar-refractivity contribution in [2.45, 2.75) is 12.8 Å². The molecule has 0 bridgehead atoms. The van der Waals surface area contributed by atoms with Gasteiger partial charge >= 0.3 is 6.03 Å². The lowest BCUT2D eigenvalue weighted by molar-refractivity contribution is 0.169. The Morgan fingerprint density at radius 1 is 1.30 bits per heavy atom. The number of rotatable bonds is 6. The molecule has 1 aromatic carbocycles. The Balaban J connectivity index is 1.65. The molecule has 128 valence electrons. The van der Waals surface area contributed by atoms with Crippen LogP contribution in [0.1, 0.15) is 12.8 Å². The third-order valence-electron chi connectivity index (χ3n) is 4.24. The van der Waals surface area contributed by atoms with E-state index in [1.165, 1.54) is 0 Å². The van der Waals surface area contributed by atoms with Crippen molar-refractivity contribution in [3.63, 3.8) is 0 Å². The van der Waals surface area contributed by atoms with Crippen LogP contribution >= 0.6 is 11.6 Å². The molecule has 23 heavy (non-hydrogen) atoms. The first-order valence-corrected chi connectivity index (χ1v) is 8.59. The monoisotopic (exact) mass is 338 g/mol. The van der Waals surface area contributed by atoms with E-state index in [4.69, 9.17) is 11.6 Å². The van der Waals surface area contributed by atoms with Crippen LogP contribution in [0, 0.1) is 5.92 Å². The fourth-order valence-electron chi connectivity index (χ4n) is 2.72. The Kier molecular flexibility index (Phi) is 7.15. The van der Waals surface area contributed by atoms with E-state index in [0.29, 0.717) is 16.6 Å². The topological polar surface area (TPSA) is 47.6 Å². The molecule has 2 rings (SSSR count). The zero-order valence-electron chi connectivity index (χ0n) is 14.0. The average Bonchev–Trinajstić information content (AvgIpc) is 2.54. The van der Waals surface area contributed by atoms with E-state index < -0.39 is 0 Å². The summed E-state index contributed by atoms with van der Waals surface area (Å²) in [4.78, 5) is 16.7. The minimum atomic E-state index is -0.187. The first kappa shape index (κ1) is 18.0. The van der Waals surface area contributed by atoms with Crippen molar-refractivity contribution in [3.8, 4) is 0 Å². The van der Waals surface area contributed by atoms with Gasteiger partial charge in [0.15, 0.2) is 0 Å². The Hall–Kier alpha value is -1.30. The van der Waals surface area contributed by atoms with Gasteiger partial charge in [0.05, 0.1) is 10.7 Å². The number of hydrogen-bond donors (Lipinski definition) is 2. The van der Waals surface area contributed by atoms with Crippen LogP contribution in [-0.4, -0.2) is 62.7 Å². The number of para-hydroxylation sites is 1. The number of amides is 2. The molecule has 2 amide bonds. The Bertz CT molecular complexity index is 501. The van der Waals surface area contributed by atoms with Crippen LogP contribution in [0.25, 0.3) is 0 Å². The Morgan fingerprint density at radius 2 is 2.00 bits per heavy atom. The fraction of sp³-hybridized carbons (Fsp3) is 0.588. The first-order chi connectivity index (χ1) is 11.0. The van der Waals surface area contributed by atoms with Gasteiger partial charge in [0.1, 0.15) is 0 Å². The first-order valence-electron chi connectivity index (χ1n) is 8.21. The molecule has 0 atom stereocenters. The molecule has 0 radical (unpaired) electrons. The zero-order chi connectivity index (χ0) is 16.7. The lowest BCUT2D eigenvalue weighted by Gasteiger charge is -2.32. The molecular formula is C17H27ClN4O. The highest BCUT2D eigenvalue weighted by atomic mass is 35.5. The lowest BCUT2D eigenvalue weighted by Crippen LogP contribution is -2.41. The molecule has 0 aromatic heterocycles. The van der Waals surface area contributed by atoms with Crippen LogP contribution in [0.2, 0.25) is 5.02 Å². The number of halogens is 1. The van der Waals surface area contributed by atoms with E-state index in [-0.39, 0.29) is 6.03 Å². The third kappa shape index (κ3) is 6.37. The Morgan fingerprint density at radius 3 is 2.65 bits per heavy atom. The number of urea groups is 1. The molecule has 0 saturated carbocycles. The van der Waals surface area contributed by atoms with Crippen molar-refractivity contribution in [1.29, 1.82) is 0 Å². The molecule has 2 N–H and O–H groups in total. The van der Waals surface area contributed by atoms with E-state index in [0.717, 1.165) is 45.6 Å². The van der Waals surface area contributed by atoms with Crippen LogP contribution < -0.4 is 10.6 Å². The van der Waals surface area contributed by atoms with Crippen LogP contribution in [-0.2, 0) is 0 Å². The molecule has 5 nitrogen and oxygen atoms in total. The maximum atomic E-state index is 12.0. The van der Waals surface area contributed by atoms with Gasteiger partial charge in [-0.1, -0.05) is 23.7 Å². The van der Waals surface area contributed by atoms with Crippen molar-refractivity contribution >= 4 is 23.3 Å². The lowest BCUT2D eigenvalue weighted by atomic mass is 9.97. The van der Waals surface area contributed by atoms with Gasteiger partial charge in [0, 0.05) is 19.6 Å². The number of anilines is 1. The van der Waals surface area contributed by atoms with Crippen molar-refractivity contribution < 1.29 is 4.79 Å². The highest BCUT2D eigenvalue weighted by Gasteiger charge is 2.19. The molecule has 1 aromatic rings. The second-order valence-electron chi connectivity index (χ2n) is 6.40. The molecule has 1 fully saturated rings. The second kappa shape index (κ2) is 9.11. The third-order valence-corrected chi connectivity index (χ3v) is 4.57. The maximum Gasteiger partial charge on any atom is 0.319 e. The predicted molar refractivity (Wildman–Crippen MR) is 96.2 cm³/mol. The number of nitrogens with one attached hydrogen (secondary N) is 2. The number of nitrogens with zero attached hydrogens (tertiary/aromatic N) is 2. The SMILES string of the molecule is CN(C)CCN1CCC(CNC(=O)Nc2ccccc2Cl)CC1. The molecule has 1 saturated heterocycles. The highest BCUT2D eigenvalue weighted by Crippen LogP contribution is 2.20. The van der Waals surface area contributed by atoms with Crippen molar-refractivity contribution in [3.05, 3.63) is 29.3 Å². The van der Waals surface area contributed by atoms with Gasteiger partial charge in [-0.05, 0) is 58.1 Å². The summed E-state index contributed by atoms with van der Waals surface area (Å²) in [7, 11) is 4.21. The van der Waals surface area contributed by atoms with Crippen molar-refractivity contribution in [2.24, 2.45) is 5.92 Å². The maximum absolute atomic E-state index is 12.0. The Labute approximate surface area is 144 Å². The van der Waals surface area contributed by atoms with Gasteiger partial charge < -0.3 is 20.4 Å². The van der Waals surface area contributed by atoms with Crippen LogP contribution in [0.4, 0.5) is 10.5 Å². The molecule has 1 aliphatic rings. The van der Waals surface area contributed by atoms with Crippen LogP contribution in [0.5, 0.6) is 0 Å². The van der Waals surface area contributed by atoms with E-state index in [9.17, 15) is 4.79 Å². The molecule has 1 heterocycles. The molecule has 1 aliphatic heterocycles. The average molecular weight is 339 g/mol. The number of likely N-dealkylation sites (N-methyl/N-ethyl adjacent to an activating group) is 1. The van der Waals surface area contributed by atoms with Gasteiger partial charge in [-0.2, -0.15) is 0 Å². The molecular weight excluding hydrogens is 312 g/mol. The normalized spacial score (nSPS) is 16.5. The largest absolute Gasteiger partial charge is 0.338 e. The standard InChI is InChI=1S/C17H27ClN4O/c1-21(2)11-12-22-9-7-14(8-10-22)13-19-17(23)20-16-6-4-3-5-15(16)18/h3-6,14H,7-13H2,1-2H3,(H2,19,20,23). The van der Waals surface area contributed by atoms with E-state index in [2.05, 4.69) is 34.5 Å². The molecule has 0 aliphatic carbocycles.